The highest BCUT2D eigenvalue weighted by Crippen LogP contribution is 2.30. The lowest BCUT2D eigenvalue weighted by molar-refractivity contribution is -0.385. The van der Waals surface area contributed by atoms with E-state index >= 15 is 0 Å². The van der Waals surface area contributed by atoms with E-state index in [2.05, 4.69) is 16.0 Å². The highest BCUT2D eigenvalue weighted by Gasteiger charge is 2.18. The van der Waals surface area contributed by atoms with Crippen molar-refractivity contribution in [3.05, 3.63) is 134 Å². The van der Waals surface area contributed by atoms with Gasteiger partial charge in [0.15, 0.2) is 0 Å². The van der Waals surface area contributed by atoms with Crippen LogP contribution in [0, 0.1) is 10.1 Å². The molecule has 0 atom stereocenters. The van der Waals surface area contributed by atoms with Gasteiger partial charge in [-0.25, -0.2) is 0 Å². The summed E-state index contributed by atoms with van der Waals surface area (Å²) in [4.78, 5) is 50.3. The van der Waals surface area contributed by atoms with E-state index < -0.39 is 16.7 Å². The van der Waals surface area contributed by atoms with Gasteiger partial charge in [0.25, 0.3) is 17.5 Å². The number of amides is 3. The van der Waals surface area contributed by atoms with Crippen molar-refractivity contribution in [2.24, 2.45) is 0 Å². The molecular formula is C30H22Cl2N4O5S. The van der Waals surface area contributed by atoms with Gasteiger partial charge in [-0.05, 0) is 54.6 Å². The van der Waals surface area contributed by atoms with Gasteiger partial charge in [0.2, 0.25) is 5.91 Å². The molecule has 4 aromatic rings. The van der Waals surface area contributed by atoms with Crippen molar-refractivity contribution in [2.75, 3.05) is 16.4 Å². The fourth-order valence-corrected chi connectivity index (χ4v) is 4.77. The SMILES string of the molecule is O=C(CSc1cccc(NC(=O)/C(=C\c2ccccc2[N+](=O)[O-])NC(=O)c2ccccc2)c1)Nc1cccc(Cl)c1Cl. The Bertz CT molecular complexity index is 1680. The number of nitro benzene ring substituents is 1. The number of thioether (sulfide) groups is 1. The molecule has 42 heavy (non-hydrogen) atoms. The molecule has 0 radical (unpaired) electrons. The maximum Gasteiger partial charge on any atom is 0.276 e. The second kappa shape index (κ2) is 14.3. The monoisotopic (exact) mass is 620 g/mol. The van der Waals surface area contributed by atoms with E-state index in [0.29, 0.717) is 26.9 Å². The molecule has 0 unspecified atom stereocenters. The third-order valence-electron chi connectivity index (χ3n) is 5.65. The van der Waals surface area contributed by atoms with E-state index in [1.165, 1.54) is 36.0 Å². The zero-order valence-electron chi connectivity index (χ0n) is 21.7. The van der Waals surface area contributed by atoms with E-state index in [0.717, 1.165) is 0 Å². The predicted molar refractivity (Wildman–Crippen MR) is 166 cm³/mol. The fraction of sp³-hybridized carbons (Fsp3) is 0.0333. The summed E-state index contributed by atoms with van der Waals surface area (Å²) in [5.74, 6) is -1.52. The second-order valence-electron chi connectivity index (χ2n) is 8.61. The molecular weight excluding hydrogens is 599 g/mol. The molecule has 0 bridgehead atoms. The average molecular weight is 622 g/mol. The summed E-state index contributed by atoms with van der Waals surface area (Å²) in [5, 5.41) is 20.1. The third-order valence-corrected chi connectivity index (χ3v) is 7.46. The largest absolute Gasteiger partial charge is 0.324 e. The molecule has 0 spiro atoms. The molecule has 0 aliphatic heterocycles. The molecule has 0 fully saturated rings. The minimum Gasteiger partial charge on any atom is -0.324 e. The van der Waals surface area contributed by atoms with Gasteiger partial charge < -0.3 is 16.0 Å². The molecule has 0 heterocycles. The van der Waals surface area contributed by atoms with Gasteiger partial charge in [0.05, 0.1) is 32.0 Å². The van der Waals surface area contributed by atoms with E-state index in [9.17, 15) is 24.5 Å². The summed E-state index contributed by atoms with van der Waals surface area (Å²) in [5.41, 5.74) is 0.782. The van der Waals surface area contributed by atoms with Crippen LogP contribution in [0.4, 0.5) is 17.1 Å². The number of nitrogens with one attached hydrogen (secondary N) is 3. The topological polar surface area (TPSA) is 130 Å². The van der Waals surface area contributed by atoms with E-state index in [1.54, 1.807) is 78.9 Å². The Morgan fingerprint density at radius 2 is 1.57 bits per heavy atom. The summed E-state index contributed by atoms with van der Waals surface area (Å²) in [6.07, 6.45) is 1.25. The first-order valence-corrected chi connectivity index (χ1v) is 14.0. The van der Waals surface area contributed by atoms with Crippen LogP contribution in [-0.2, 0) is 9.59 Å². The van der Waals surface area contributed by atoms with Crippen LogP contribution in [0.15, 0.2) is 108 Å². The highest BCUT2D eigenvalue weighted by molar-refractivity contribution is 8.00. The predicted octanol–water partition coefficient (Wildman–Crippen LogP) is 7.04. The molecule has 12 heteroatoms. The first-order chi connectivity index (χ1) is 20.2. The summed E-state index contributed by atoms with van der Waals surface area (Å²) < 4.78 is 0. The van der Waals surface area contributed by atoms with Gasteiger partial charge in [-0.2, -0.15) is 0 Å². The van der Waals surface area contributed by atoms with E-state index in [-0.39, 0.29) is 33.6 Å². The van der Waals surface area contributed by atoms with Gasteiger partial charge in [-0.1, -0.05) is 65.7 Å². The molecule has 3 amide bonds. The normalized spacial score (nSPS) is 11.0. The Labute approximate surface area is 255 Å². The number of halogens is 2. The first kappa shape index (κ1) is 30.3. The number of hydrogen-bond acceptors (Lipinski definition) is 6. The highest BCUT2D eigenvalue weighted by atomic mass is 35.5. The molecule has 0 aromatic heterocycles. The minimum atomic E-state index is -0.701. The van der Waals surface area contributed by atoms with Crippen molar-refractivity contribution in [2.45, 2.75) is 4.90 Å². The number of carbonyl (C=O) groups excluding carboxylic acids is 3. The van der Waals surface area contributed by atoms with Crippen molar-refractivity contribution >= 4 is 75.8 Å². The molecule has 0 saturated carbocycles. The van der Waals surface area contributed by atoms with Crippen molar-refractivity contribution in [3.63, 3.8) is 0 Å². The van der Waals surface area contributed by atoms with Gasteiger partial charge in [0.1, 0.15) is 5.70 Å². The number of hydrogen-bond donors (Lipinski definition) is 3. The zero-order chi connectivity index (χ0) is 30.1. The number of para-hydroxylation sites is 1. The molecule has 0 aliphatic carbocycles. The average Bonchev–Trinajstić information content (AvgIpc) is 2.99. The van der Waals surface area contributed by atoms with Crippen LogP contribution in [0.5, 0.6) is 0 Å². The van der Waals surface area contributed by atoms with Crippen LogP contribution in [0.2, 0.25) is 10.0 Å². The summed E-state index contributed by atoms with van der Waals surface area (Å²) in [6.45, 7) is 0. The van der Waals surface area contributed by atoms with Crippen molar-refractivity contribution in [1.82, 2.24) is 5.32 Å². The fourth-order valence-electron chi connectivity index (χ4n) is 3.67. The number of nitrogens with zero attached hydrogens (tertiary/aromatic N) is 1. The summed E-state index contributed by atoms with van der Waals surface area (Å²) in [6, 6.07) is 25.8. The Kier molecular flexibility index (Phi) is 10.3. The maximum absolute atomic E-state index is 13.3. The molecule has 9 nitrogen and oxygen atoms in total. The van der Waals surface area contributed by atoms with Crippen LogP contribution in [0.3, 0.4) is 0 Å². The molecule has 0 saturated heterocycles. The van der Waals surface area contributed by atoms with Gasteiger partial charge >= 0.3 is 0 Å². The maximum atomic E-state index is 13.3. The van der Waals surface area contributed by atoms with Gasteiger partial charge in [-0.3, -0.25) is 24.5 Å². The minimum absolute atomic E-state index is 0.0518. The van der Waals surface area contributed by atoms with E-state index in [4.69, 9.17) is 23.2 Å². The van der Waals surface area contributed by atoms with Crippen LogP contribution in [0.1, 0.15) is 15.9 Å². The van der Waals surface area contributed by atoms with Crippen LogP contribution in [0.25, 0.3) is 6.08 Å². The molecule has 212 valence electrons. The first-order valence-electron chi connectivity index (χ1n) is 12.3. The van der Waals surface area contributed by atoms with Crippen molar-refractivity contribution in [3.8, 4) is 0 Å². The Morgan fingerprint density at radius 1 is 0.857 bits per heavy atom. The Hall–Kier alpha value is -4.64. The summed E-state index contributed by atoms with van der Waals surface area (Å²) >= 11 is 13.4. The molecule has 3 N–H and O–H groups in total. The van der Waals surface area contributed by atoms with Crippen LogP contribution >= 0.6 is 35.0 Å². The van der Waals surface area contributed by atoms with Crippen molar-refractivity contribution < 1.29 is 19.3 Å². The van der Waals surface area contributed by atoms with Gasteiger partial charge in [-0.15, -0.1) is 11.8 Å². The van der Waals surface area contributed by atoms with Gasteiger partial charge in [0, 0.05) is 22.2 Å². The lowest BCUT2D eigenvalue weighted by Gasteiger charge is -2.12. The summed E-state index contributed by atoms with van der Waals surface area (Å²) in [7, 11) is 0. The number of benzene rings is 4. The number of nitro groups is 1. The quantitative estimate of drug-likeness (QED) is 0.0754. The smallest absolute Gasteiger partial charge is 0.276 e. The van der Waals surface area contributed by atoms with Crippen molar-refractivity contribution in [1.29, 1.82) is 0 Å². The second-order valence-corrected chi connectivity index (χ2v) is 10.4. The van der Waals surface area contributed by atoms with Crippen LogP contribution in [-0.4, -0.2) is 28.4 Å². The van der Waals surface area contributed by atoms with E-state index in [1.807, 2.05) is 0 Å². The Balaban J connectivity index is 1.50. The lowest BCUT2D eigenvalue weighted by Crippen LogP contribution is -2.30. The number of carbonyl (C=O) groups is 3. The lowest BCUT2D eigenvalue weighted by atomic mass is 10.1. The zero-order valence-corrected chi connectivity index (χ0v) is 24.0. The number of anilines is 2. The standard InChI is InChI=1S/C30H22Cl2N4O5S/c31-23-13-7-14-24(28(23)32)34-27(37)18-42-22-12-6-11-21(17-22)33-30(39)25(35-29(38)19-8-2-1-3-9-19)16-20-10-4-5-15-26(20)36(40)41/h1-17H,18H2,(H,33,39)(H,34,37)(H,35,38)/b25-16+. The molecule has 4 aromatic carbocycles. The van der Waals surface area contributed by atoms with Crippen LogP contribution < -0.4 is 16.0 Å². The third kappa shape index (κ3) is 8.20. The Morgan fingerprint density at radius 3 is 2.33 bits per heavy atom. The number of rotatable bonds is 10. The molecule has 0 aliphatic rings. The molecule has 4 rings (SSSR count).